The largest absolute Gasteiger partial charge is 0.480 e. The Morgan fingerprint density at radius 3 is 2.45 bits per heavy atom. The molecule has 0 bridgehead atoms. The molecule has 0 aliphatic heterocycles. The summed E-state index contributed by atoms with van der Waals surface area (Å²) in [7, 11) is 0. The van der Waals surface area contributed by atoms with E-state index in [1.54, 1.807) is 6.07 Å². The van der Waals surface area contributed by atoms with Gasteiger partial charge in [-0.1, -0.05) is 42.5 Å². The second-order valence-corrected chi connectivity index (χ2v) is 9.17. The molecule has 200 valence electrons. The van der Waals surface area contributed by atoms with Crippen LogP contribution < -0.4 is 16.2 Å². The predicted octanol–water partition coefficient (Wildman–Crippen LogP) is 5.53. The molecule has 1 aliphatic carbocycles. The van der Waals surface area contributed by atoms with Gasteiger partial charge in [0.1, 0.15) is 11.9 Å². The van der Waals surface area contributed by atoms with Gasteiger partial charge in [0.05, 0.1) is 5.69 Å². The molecular weight excluding hydrogens is 504 g/mol. The van der Waals surface area contributed by atoms with E-state index in [9.17, 15) is 22.4 Å². The van der Waals surface area contributed by atoms with E-state index in [2.05, 4.69) is 9.97 Å². The summed E-state index contributed by atoms with van der Waals surface area (Å²) in [4.78, 5) is 19.0. The lowest BCUT2D eigenvalue weighted by Gasteiger charge is -2.24. The molecule has 1 heterocycles. The average Bonchev–Trinajstić information content (AvgIpc) is 2.87. The molecule has 38 heavy (non-hydrogen) atoms. The van der Waals surface area contributed by atoms with E-state index < -0.39 is 30.1 Å². The normalized spacial score (nSPS) is 17.4. The Kier molecular flexibility index (Phi) is 7.96. The van der Waals surface area contributed by atoms with Gasteiger partial charge in [-0.05, 0) is 60.4 Å². The van der Waals surface area contributed by atoms with Crippen LogP contribution >= 0.6 is 0 Å². The van der Waals surface area contributed by atoms with E-state index in [0.717, 1.165) is 5.57 Å². The van der Waals surface area contributed by atoms with Crippen LogP contribution in [0.4, 0.5) is 23.5 Å². The minimum absolute atomic E-state index is 0.0738. The summed E-state index contributed by atoms with van der Waals surface area (Å²) in [5, 5.41) is 9.01. The number of nitrogen functional groups attached to an aromatic ring is 1. The van der Waals surface area contributed by atoms with Crippen molar-refractivity contribution in [2.75, 3.05) is 5.73 Å². The number of halogens is 4. The van der Waals surface area contributed by atoms with Crippen molar-refractivity contribution in [2.24, 2.45) is 11.7 Å². The molecule has 0 saturated carbocycles. The van der Waals surface area contributed by atoms with E-state index >= 15 is 0 Å². The van der Waals surface area contributed by atoms with Crippen molar-refractivity contribution >= 4 is 17.5 Å². The van der Waals surface area contributed by atoms with Gasteiger partial charge < -0.3 is 21.3 Å². The molecule has 0 fully saturated rings. The van der Waals surface area contributed by atoms with Gasteiger partial charge in [0.25, 0.3) is 0 Å². The van der Waals surface area contributed by atoms with Crippen LogP contribution in [0.25, 0.3) is 16.7 Å². The molecule has 3 aromatic rings. The summed E-state index contributed by atoms with van der Waals surface area (Å²) in [6.45, 7) is 0. The number of nitrogens with two attached hydrogens (primary N) is 2. The summed E-state index contributed by atoms with van der Waals surface area (Å²) in [5.74, 6) is -2.01. The highest BCUT2D eigenvalue weighted by Crippen LogP contribution is 2.38. The number of hydrogen-bond acceptors (Lipinski definition) is 6. The van der Waals surface area contributed by atoms with Gasteiger partial charge >= 0.3 is 12.1 Å². The molecule has 1 aromatic heterocycles. The number of nitrogens with zero attached hydrogens (tertiary/aromatic N) is 2. The minimum Gasteiger partial charge on any atom is -0.480 e. The van der Waals surface area contributed by atoms with Crippen molar-refractivity contribution in [1.29, 1.82) is 0 Å². The van der Waals surface area contributed by atoms with Crippen LogP contribution in [0.2, 0.25) is 0 Å². The predicted molar refractivity (Wildman–Crippen MR) is 133 cm³/mol. The average molecular weight is 531 g/mol. The Labute approximate surface area is 216 Å². The van der Waals surface area contributed by atoms with Gasteiger partial charge in [0, 0.05) is 11.6 Å². The molecule has 3 atom stereocenters. The third kappa shape index (κ3) is 6.65. The zero-order chi connectivity index (χ0) is 27.4. The van der Waals surface area contributed by atoms with Gasteiger partial charge in [-0.3, -0.25) is 4.79 Å². The van der Waals surface area contributed by atoms with Crippen LogP contribution in [0.3, 0.4) is 0 Å². The number of aliphatic carboxylic acids is 1. The van der Waals surface area contributed by atoms with E-state index in [4.69, 9.17) is 21.3 Å². The zero-order valence-electron chi connectivity index (χ0n) is 20.2. The Morgan fingerprint density at radius 1 is 1.11 bits per heavy atom. The second-order valence-electron chi connectivity index (χ2n) is 9.17. The maximum absolute atomic E-state index is 14.0. The number of ether oxygens (including phenoxy) is 1. The van der Waals surface area contributed by atoms with Crippen molar-refractivity contribution in [2.45, 2.75) is 44.0 Å². The number of carboxylic acids is 1. The highest BCUT2D eigenvalue weighted by atomic mass is 19.4. The number of alkyl halides is 3. The lowest BCUT2D eigenvalue weighted by Crippen LogP contribution is -2.32. The number of aromatic nitrogens is 2. The van der Waals surface area contributed by atoms with Crippen LogP contribution in [-0.4, -0.2) is 33.3 Å². The number of anilines is 1. The maximum atomic E-state index is 14.0. The third-order valence-electron chi connectivity index (χ3n) is 6.38. The fourth-order valence-corrected chi connectivity index (χ4v) is 4.43. The summed E-state index contributed by atoms with van der Waals surface area (Å²) in [6.07, 6.45) is -3.17. The lowest BCUT2D eigenvalue weighted by molar-refractivity contribution is -0.198. The van der Waals surface area contributed by atoms with Gasteiger partial charge in [-0.2, -0.15) is 18.2 Å². The number of allylic oxidation sites excluding steroid dienone is 2. The van der Waals surface area contributed by atoms with Crippen LogP contribution in [0.1, 0.15) is 43.0 Å². The quantitative estimate of drug-likeness (QED) is 0.327. The SMILES string of the molecule is Nc1nc(OC(c2ccc(-c3cccc(F)c3)cc2)C(F)(F)F)cc(C2=CCC(CC(N)C(=O)O)CC2)n1. The first-order valence-corrected chi connectivity index (χ1v) is 11.9. The molecule has 1 aliphatic rings. The monoisotopic (exact) mass is 530 g/mol. The van der Waals surface area contributed by atoms with Crippen LogP contribution in [-0.2, 0) is 4.79 Å². The molecule has 0 saturated heterocycles. The standard InChI is InChI=1S/C27H26F4N4O3/c28-20-3-1-2-19(13-20)16-8-10-18(11-9-16)24(27(29,30)31)38-23-14-22(34-26(33)35-23)17-6-4-15(5-7-17)12-21(32)25(36)37/h1-3,6,8-11,13-15,21,24H,4-5,7,12,32H2,(H,36,37)(H2,33,34,35). The van der Waals surface area contributed by atoms with E-state index in [1.165, 1.54) is 48.5 Å². The summed E-state index contributed by atoms with van der Waals surface area (Å²) in [6, 6.07) is 11.6. The molecule has 0 amide bonds. The first kappa shape index (κ1) is 27.1. The number of carboxylic acid groups (broad SMARTS) is 1. The van der Waals surface area contributed by atoms with E-state index in [-0.39, 0.29) is 23.3 Å². The number of benzene rings is 2. The molecule has 5 N–H and O–H groups in total. The van der Waals surface area contributed by atoms with Crippen molar-refractivity contribution in [3.63, 3.8) is 0 Å². The van der Waals surface area contributed by atoms with Crippen LogP contribution in [0.15, 0.2) is 60.7 Å². The smallest absolute Gasteiger partial charge is 0.429 e. The molecule has 3 unspecified atom stereocenters. The van der Waals surface area contributed by atoms with Gasteiger partial charge in [0.2, 0.25) is 17.9 Å². The Hall–Kier alpha value is -3.99. The van der Waals surface area contributed by atoms with Gasteiger partial charge in [-0.25, -0.2) is 9.37 Å². The van der Waals surface area contributed by atoms with E-state index in [1.807, 2.05) is 6.08 Å². The van der Waals surface area contributed by atoms with Gasteiger partial charge in [0.15, 0.2) is 0 Å². The van der Waals surface area contributed by atoms with Crippen molar-refractivity contribution in [3.05, 3.63) is 77.7 Å². The molecular formula is C27H26F4N4O3. The number of rotatable bonds is 8. The molecule has 7 nitrogen and oxygen atoms in total. The van der Waals surface area contributed by atoms with Crippen LogP contribution in [0.5, 0.6) is 5.88 Å². The zero-order valence-corrected chi connectivity index (χ0v) is 20.2. The minimum atomic E-state index is -4.76. The molecule has 11 heteroatoms. The summed E-state index contributed by atoms with van der Waals surface area (Å²) >= 11 is 0. The maximum Gasteiger partial charge on any atom is 0.429 e. The first-order chi connectivity index (χ1) is 18.0. The van der Waals surface area contributed by atoms with E-state index in [0.29, 0.717) is 42.5 Å². The second kappa shape index (κ2) is 11.2. The van der Waals surface area contributed by atoms with Crippen molar-refractivity contribution in [3.8, 4) is 17.0 Å². The highest BCUT2D eigenvalue weighted by molar-refractivity contribution is 5.73. The lowest BCUT2D eigenvalue weighted by atomic mass is 9.84. The topological polar surface area (TPSA) is 124 Å². The summed E-state index contributed by atoms with van der Waals surface area (Å²) in [5.41, 5.74) is 13.4. The fraction of sp³-hybridized carbons (Fsp3) is 0.296. The Bertz CT molecular complexity index is 1330. The Balaban J connectivity index is 1.54. The van der Waals surface area contributed by atoms with Gasteiger partial charge in [-0.15, -0.1) is 0 Å². The number of carbonyl (C=O) groups is 1. The molecule has 0 spiro atoms. The Morgan fingerprint density at radius 2 is 1.84 bits per heavy atom. The fourth-order valence-electron chi connectivity index (χ4n) is 4.43. The molecule has 4 rings (SSSR count). The molecule has 2 aromatic carbocycles. The first-order valence-electron chi connectivity index (χ1n) is 11.9. The van der Waals surface area contributed by atoms with Crippen molar-refractivity contribution in [1.82, 2.24) is 9.97 Å². The highest BCUT2D eigenvalue weighted by Gasteiger charge is 2.43. The number of hydrogen-bond donors (Lipinski definition) is 3. The third-order valence-corrected chi connectivity index (χ3v) is 6.38. The molecule has 0 radical (unpaired) electrons. The van der Waals surface area contributed by atoms with Crippen LogP contribution in [0, 0.1) is 11.7 Å². The van der Waals surface area contributed by atoms with Crippen molar-refractivity contribution < 1.29 is 32.2 Å². The summed E-state index contributed by atoms with van der Waals surface area (Å²) < 4.78 is 60.9.